The highest BCUT2D eigenvalue weighted by atomic mass is 79.9. The summed E-state index contributed by atoms with van der Waals surface area (Å²) in [5, 5.41) is 5.30. The second-order valence-corrected chi connectivity index (χ2v) is 5.68. The lowest BCUT2D eigenvalue weighted by Crippen LogP contribution is -2.22. The number of hydrogen-bond donors (Lipinski definition) is 2. The van der Waals surface area contributed by atoms with E-state index < -0.39 is 11.7 Å². The summed E-state index contributed by atoms with van der Waals surface area (Å²) in [4.78, 5) is 11.9. The van der Waals surface area contributed by atoms with Crippen molar-refractivity contribution in [2.45, 2.75) is 6.18 Å². The van der Waals surface area contributed by atoms with Crippen molar-refractivity contribution in [1.29, 1.82) is 0 Å². The van der Waals surface area contributed by atoms with E-state index in [1.54, 1.807) is 24.3 Å². The Morgan fingerprint density at radius 2 is 1.92 bits per heavy atom. The summed E-state index contributed by atoms with van der Waals surface area (Å²) >= 11 is 2.87. The minimum Gasteiger partial charge on any atom is -0.497 e. The van der Waals surface area contributed by atoms with Gasteiger partial charge in [-0.1, -0.05) is 22.0 Å². The van der Waals surface area contributed by atoms with Gasteiger partial charge in [0, 0.05) is 21.9 Å². The van der Waals surface area contributed by atoms with E-state index in [-0.39, 0.29) is 22.6 Å². The number of alkyl halides is 3. The van der Waals surface area contributed by atoms with E-state index in [1.165, 1.54) is 19.2 Å². The second kappa shape index (κ2) is 7.57. The SMILES string of the molecule is COc1cccc(NC(=O)CNc2ccc(Br)c(C(F)(F)F)c2)c1. The minimum absolute atomic E-state index is 0.0543. The topological polar surface area (TPSA) is 50.4 Å². The zero-order valence-electron chi connectivity index (χ0n) is 12.6. The van der Waals surface area contributed by atoms with Crippen LogP contribution >= 0.6 is 15.9 Å². The molecule has 4 nitrogen and oxygen atoms in total. The smallest absolute Gasteiger partial charge is 0.417 e. The van der Waals surface area contributed by atoms with Gasteiger partial charge < -0.3 is 15.4 Å². The van der Waals surface area contributed by atoms with Crippen LogP contribution in [0.2, 0.25) is 0 Å². The number of amides is 1. The summed E-state index contributed by atoms with van der Waals surface area (Å²) in [6.07, 6.45) is -4.47. The maximum atomic E-state index is 12.8. The van der Waals surface area contributed by atoms with Crippen LogP contribution in [0.4, 0.5) is 24.5 Å². The van der Waals surface area contributed by atoms with E-state index in [1.807, 2.05) is 0 Å². The van der Waals surface area contributed by atoms with Gasteiger partial charge in [0.15, 0.2) is 0 Å². The van der Waals surface area contributed by atoms with Crippen LogP contribution in [0, 0.1) is 0 Å². The van der Waals surface area contributed by atoms with Crippen molar-refractivity contribution in [2.75, 3.05) is 24.3 Å². The van der Waals surface area contributed by atoms with Gasteiger partial charge >= 0.3 is 6.18 Å². The lowest BCUT2D eigenvalue weighted by molar-refractivity contribution is -0.138. The molecule has 24 heavy (non-hydrogen) atoms. The summed E-state index contributed by atoms with van der Waals surface area (Å²) in [6, 6.07) is 10.5. The van der Waals surface area contributed by atoms with Crippen molar-refractivity contribution >= 4 is 33.2 Å². The van der Waals surface area contributed by atoms with E-state index in [4.69, 9.17) is 4.74 Å². The Kier molecular flexibility index (Phi) is 5.71. The van der Waals surface area contributed by atoms with Crippen LogP contribution in [0.3, 0.4) is 0 Å². The van der Waals surface area contributed by atoms with Crippen LogP contribution in [0.5, 0.6) is 5.75 Å². The molecule has 0 unspecified atom stereocenters. The predicted octanol–water partition coefficient (Wildman–Crippen LogP) is 4.53. The fourth-order valence-electron chi connectivity index (χ4n) is 1.94. The lowest BCUT2D eigenvalue weighted by Gasteiger charge is -2.13. The van der Waals surface area contributed by atoms with Gasteiger partial charge in [-0.3, -0.25) is 4.79 Å². The van der Waals surface area contributed by atoms with Crippen LogP contribution in [0.1, 0.15) is 5.56 Å². The molecule has 2 aromatic carbocycles. The van der Waals surface area contributed by atoms with E-state index in [0.29, 0.717) is 11.4 Å². The first-order valence-corrected chi connectivity index (χ1v) is 7.63. The summed E-state index contributed by atoms with van der Waals surface area (Å²) in [5.74, 6) is 0.197. The number of anilines is 2. The van der Waals surface area contributed by atoms with Gasteiger partial charge in [0.05, 0.1) is 19.2 Å². The third-order valence-corrected chi connectivity index (χ3v) is 3.77. The summed E-state index contributed by atoms with van der Waals surface area (Å²) in [6.45, 7) is -0.170. The van der Waals surface area contributed by atoms with Crippen molar-refractivity contribution in [3.05, 3.63) is 52.5 Å². The molecule has 2 N–H and O–H groups in total. The first-order chi connectivity index (χ1) is 11.3. The number of benzene rings is 2. The molecule has 0 saturated heterocycles. The molecule has 0 fully saturated rings. The Labute approximate surface area is 145 Å². The normalized spacial score (nSPS) is 11.0. The molecule has 0 spiro atoms. The van der Waals surface area contributed by atoms with Gasteiger partial charge in [0.1, 0.15) is 5.75 Å². The molecule has 0 aromatic heterocycles. The summed E-state index contributed by atoms with van der Waals surface area (Å²) in [7, 11) is 1.51. The van der Waals surface area contributed by atoms with Crippen molar-refractivity contribution < 1.29 is 22.7 Å². The molecule has 0 aliphatic rings. The molecule has 8 heteroatoms. The van der Waals surface area contributed by atoms with E-state index in [9.17, 15) is 18.0 Å². The number of hydrogen-bond acceptors (Lipinski definition) is 3. The fourth-order valence-corrected chi connectivity index (χ4v) is 2.41. The quantitative estimate of drug-likeness (QED) is 0.772. The van der Waals surface area contributed by atoms with Gasteiger partial charge in [-0.15, -0.1) is 0 Å². The van der Waals surface area contributed by atoms with Gasteiger partial charge in [0.2, 0.25) is 5.91 Å². The average molecular weight is 403 g/mol. The number of carbonyl (C=O) groups is 1. The molecule has 2 rings (SSSR count). The molecule has 2 aromatic rings. The first kappa shape index (κ1) is 18.1. The highest BCUT2D eigenvalue weighted by Gasteiger charge is 2.33. The molecule has 0 aliphatic carbocycles. The van der Waals surface area contributed by atoms with Crippen molar-refractivity contribution in [3.8, 4) is 5.75 Å². The summed E-state index contributed by atoms with van der Waals surface area (Å²) < 4.78 is 43.5. The van der Waals surface area contributed by atoms with Gasteiger partial charge in [-0.2, -0.15) is 13.2 Å². The molecular weight excluding hydrogens is 389 g/mol. The van der Waals surface area contributed by atoms with Crippen LogP contribution in [0.15, 0.2) is 46.9 Å². The number of carbonyl (C=O) groups excluding carboxylic acids is 1. The maximum Gasteiger partial charge on any atom is 0.417 e. The van der Waals surface area contributed by atoms with Crippen LogP contribution in [0.25, 0.3) is 0 Å². The van der Waals surface area contributed by atoms with E-state index in [0.717, 1.165) is 6.07 Å². The molecule has 0 atom stereocenters. The highest BCUT2D eigenvalue weighted by molar-refractivity contribution is 9.10. The molecule has 0 bridgehead atoms. The standard InChI is InChI=1S/C16H14BrF3N2O2/c1-24-12-4-2-3-11(7-12)22-15(23)9-21-10-5-6-14(17)13(8-10)16(18,19)20/h2-8,21H,9H2,1H3,(H,22,23). The average Bonchev–Trinajstić information content (AvgIpc) is 2.53. The van der Waals surface area contributed by atoms with Crippen LogP contribution < -0.4 is 15.4 Å². The Morgan fingerprint density at radius 1 is 1.17 bits per heavy atom. The molecular formula is C16H14BrF3N2O2. The zero-order chi connectivity index (χ0) is 17.7. The fraction of sp³-hybridized carbons (Fsp3) is 0.188. The Balaban J connectivity index is 1.99. The highest BCUT2D eigenvalue weighted by Crippen LogP contribution is 2.36. The molecule has 0 saturated carbocycles. The third-order valence-electron chi connectivity index (χ3n) is 3.08. The molecule has 0 aliphatic heterocycles. The maximum absolute atomic E-state index is 12.8. The number of ether oxygens (including phenoxy) is 1. The Hall–Kier alpha value is -2.22. The van der Waals surface area contributed by atoms with Crippen molar-refractivity contribution in [2.24, 2.45) is 0 Å². The number of halogens is 4. The molecule has 0 heterocycles. The lowest BCUT2D eigenvalue weighted by atomic mass is 10.2. The van der Waals surface area contributed by atoms with Gasteiger partial charge in [-0.05, 0) is 30.3 Å². The van der Waals surface area contributed by atoms with Crippen LogP contribution in [-0.2, 0) is 11.0 Å². The van der Waals surface area contributed by atoms with E-state index >= 15 is 0 Å². The number of rotatable bonds is 5. The van der Waals surface area contributed by atoms with Crippen LogP contribution in [-0.4, -0.2) is 19.6 Å². The van der Waals surface area contributed by atoms with Crippen molar-refractivity contribution in [3.63, 3.8) is 0 Å². The third kappa shape index (κ3) is 4.89. The molecule has 0 radical (unpaired) electrons. The number of nitrogens with one attached hydrogen (secondary N) is 2. The van der Waals surface area contributed by atoms with Crippen molar-refractivity contribution in [1.82, 2.24) is 0 Å². The van der Waals surface area contributed by atoms with E-state index in [2.05, 4.69) is 26.6 Å². The summed E-state index contributed by atoms with van der Waals surface area (Å²) in [5.41, 5.74) is -0.0695. The Bertz CT molecular complexity index is 736. The number of methoxy groups -OCH3 is 1. The second-order valence-electron chi connectivity index (χ2n) is 4.83. The first-order valence-electron chi connectivity index (χ1n) is 6.84. The largest absolute Gasteiger partial charge is 0.497 e. The van der Waals surface area contributed by atoms with Gasteiger partial charge in [0.25, 0.3) is 0 Å². The monoisotopic (exact) mass is 402 g/mol. The zero-order valence-corrected chi connectivity index (χ0v) is 14.2. The predicted molar refractivity (Wildman–Crippen MR) is 89.3 cm³/mol. The van der Waals surface area contributed by atoms with Gasteiger partial charge in [-0.25, -0.2) is 0 Å². The molecule has 1 amide bonds. The molecule has 128 valence electrons. The Morgan fingerprint density at radius 3 is 2.58 bits per heavy atom. The minimum atomic E-state index is -4.47.